The lowest BCUT2D eigenvalue weighted by molar-refractivity contribution is -0.139. The summed E-state index contributed by atoms with van der Waals surface area (Å²) in [5.41, 5.74) is -0.689. The van der Waals surface area contributed by atoms with Crippen molar-refractivity contribution in [3.05, 3.63) is 34.9 Å². The maximum absolute atomic E-state index is 13.1. The SMILES string of the molecule is O=C(O)CCN(CCCOC(=O)c1cc(C(=O)OCCCN(CCC(=O)O)CCC(=O)O)cc(C(=O)OCCCN(CCC(=O)O)CCC(=O)O)c1)CCC(=O)O. The predicted molar refractivity (Wildman–Crippen MR) is 194 cm³/mol. The zero-order chi connectivity index (χ0) is 42.8. The highest BCUT2D eigenvalue weighted by Crippen LogP contribution is 2.16. The number of hydrogen-bond donors (Lipinski definition) is 6. The molecule has 0 aliphatic heterocycles. The summed E-state index contributed by atoms with van der Waals surface area (Å²) < 4.78 is 16.0. The standard InChI is InChI=1S/C36H51N3O18/c40-28(41)4-13-37(14-5-29(42)43)10-1-19-55-34(52)25-22-26(35(53)56-20-2-11-38(15-6-30(44)45)16-7-31(46)47)24-27(23-25)36(54)57-21-3-12-39(17-8-32(48)49)18-9-33(50)51/h22-24H,1-21H2,(H,40,41)(H,42,43)(H,44,45)(H,46,47)(H,48,49)(H,50,51). The topological polar surface area (TPSA) is 312 Å². The lowest BCUT2D eigenvalue weighted by Crippen LogP contribution is -2.30. The molecule has 21 nitrogen and oxygen atoms in total. The maximum atomic E-state index is 13.1. The van der Waals surface area contributed by atoms with Crippen LogP contribution in [0, 0.1) is 0 Å². The van der Waals surface area contributed by atoms with E-state index in [1.807, 2.05) is 0 Å². The first-order valence-electron chi connectivity index (χ1n) is 18.1. The molecule has 0 heterocycles. The van der Waals surface area contributed by atoms with Gasteiger partial charge in [0, 0.05) is 58.9 Å². The molecule has 0 aliphatic rings. The Bertz CT molecular complexity index is 1290. The molecule has 6 N–H and O–H groups in total. The Morgan fingerprint density at radius 3 is 0.719 bits per heavy atom. The lowest BCUT2D eigenvalue weighted by Gasteiger charge is -2.20. The van der Waals surface area contributed by atoms with Crippen LogP contribution in [0.15, 0.2) is 18.2 Å². The molecule has 0 spiro atoms. The molecule has 0 bridgehead atoms. The quantitative estimate of drug-likeness (QED) is 0.0328. The Labute approximate surface area is 327 Å². The summed E-state index contributed by atoms with van der Waals surface area (Å²) >= 11 is 0. The number of carbonyl (C=O) groups excluding carboxylic acids is 3. The van der Waals surface area contributed by atoms with Gasteiger partial charge in [-0.15, -0.1) is 0 Å². The summed E-state index contributed by atoms with van der Waals surface area (Å²) in [5.74, 6) is -9.27. The number of carboxylic acids is 6. The number of carboxylic acid groups (broad SMARTS) is 6. The van der Waals surface area contributed by atoms with Crippen molar-refractivity contribution < 1.29 is 88.0 Å². The van der Waals surface area contributed by atoms with Gasteiger partial charge in [0.05, 0.1) is 75.0 Å². The molecule has 0 amide bonds. The summed E-state index contributed by atoms with van der Waals surface area (Å²) in [6.07, 6.45) is -0.837. The Kier molecular flexibility index (Phi) is 24.1. The van der Waals surface area contributed by atoms with Gasteiger partial charge in [-0.3, -0.25) is 28.8 Å². The van der Waals surface area contributed by atoms with E-state index in [9.17, 15) is 43.2 Å². The van der Waals surface area contributed by atoms with Gasteiger partial charge in [-0.25, -0.2) is 14.4 Å². The van der Waals surface area contributed by atoms with Crippen molar-refractivity contribution in [1.29, 1.82) is 0 Å². The molecular weight excluding hydrogens is 762 g/mol. The van der Waals surface area contributed by atoms with Crippen LogP contribution in [0.1, 0.15) is 88.9 Å². The highest BCUT2D eigenvalue weighted by molar-refractivity contribution is 6.00. The van der Waals surface area contributed by atoms with Crippen LogP contribution in [0.3, 0.4) is 0 Å². The second kappa shape index (κ2) is 27.8. The average Bonchev–Trinajstić information content (AvgIpc) is 3.14. The first kappa shape index (κ1) is 49.3. The zero-order valence-electron chi connectivity index (χ0n) is 31.5. The molecule has 0 aliphatic carbocycles. The van der Waals surface area contributed by atoms with Gasteiger partial charge in [-0.05, 0) is 37.5 Å². The maximum Gasteiger partial charge on any atom is 0.338 e. The van der Waals surface area contributed by atoms with Crippen molar-refractivity contribution in [2.24, 2.45) is 0 Å². The van der Waals surface area contributed by atoms with Crippen molar-refractivity contribution in [2.75, 3.05) is 78.7 Å². The Morgan fingerprint density at radius 1 is 0.351 bits per heavy atom. The highest BCUT2D eigenvalue weighted by atomic mass is 16.5. The number of aliphatic carboxylic acids is 6. The van der Waals surface area contributed by atoms with Gasteiger partial charge in [0.1, 0.15) is 0 Å². The van der Waals surface area contributed by atoms with Gasteiger partial charge in [-0.1, -0.05) is 0 Å². The Hall–Kier alpha value is -5.67. The van der Waals surface area contributed by atoms with Gasteiger partial charge >= 0.3 is 53.7 Å². The molecule has 0 unspecified atom stereocenters. The van der Waals surface area contributed by atoms with E-state index in [1.54, 1.807) is 14.7 Å². The molecule has 1 rings (SSSR count). The van der Waals surface area contributed by atoms with Crippen molar-refractivity contribution >= 4 is 53.7 Å². The van der Waals surface area contributed by atoms with E-state index in [2.05, 4.69) is 0 Å². The monoisotopic (exact) mass is 813 g/mol. The third-order valence-corrected chi connectivity index (χ3v) is 8.05. The van der Waals surface area contributed by atoms with Crippen LogP contribution in [0.2, 0.25) is 0 Å². The van der Waals surface area contributed by atoms with Crippen molar-refractivity contribution in [3.63, 3.8) is 0 Å². The number of rotatable bonds is 33. The first-order chi connectivity index (χ1) is 27.0. The molecule has 318 valence electrons. The minimum Gasteiger partial charge on any atom is -0.481 e. The van der Waals surface area contributed by atoms with Gasteiger partial charge in [0.2, 0.25) is 0 Å². The molecule has 21 heteroatoms. The van der Waals surface area contributed by atoms with Crippen LogP contribution in [0.5, 0.6) is 0 Å². The second-order valence-electron chi connectivity index (χ2n) is 12.7. The fourth-order valence-corrected chi connectivity index (χ4v) is 5.12. The van der Waals surface area contributed by atoms with Crippen LogP contribution < -0.4 is 0 Å². The van der Waals surface area contributed by atoms with E-state index in [1.165, 1.54) is 0 Å². The van der Waals surface area contributed by atoms with E-state index < -0.39 is 53.7 Å². The van der Waals surface area contributed by atoms with Gasteiger partial charge < -0.3 is 59.5 Å². The van der Waals surface area contributed by atoms with E-state index in [0.717, 1.165) is 18.2 Å². The van der Waals surface area contributed by atoms with Gasteiger partial charge in [-0.2, -0.15) is 0 Å². The molecule has 0 atom stereocenters. The fraction of sp³-hybridized carbons (Fsp3) is 0.583. The minimum absolute atomic E-state index is 0.0671. The molecular formula is C36H51N3O18. The zero-order valence-corrected chi connectivity index (χ0v) is 31.5. The highest BCUT2D eigenvalue weighted by Gasteiger charge is 2.20. The van der Waals surface area contributed by atoms with Crippen molar-refractivity contribution in [1.82, 2.24) is 14.7 Å². The fourth-order valence-electron chi connectivity index (χ4n) is 5.12. The number of carbonyl (C=O) groups is 9. The Balaban J connectivity index is 3.06. The summed E-state index contributed by atoms with van der Waals surface area (Å²) in [6.45, 7) is 0.433. The summed E-state index contributed by atoms with van der Waals surface area (Å²) in [4.78, 5) is 110. The molecule has 1 aromatic rings. The summed E-state index contributed by atoms with van der Waals surface area (Å²) in [5, 5.41) is 53.9. The number of ether oxygens (including phenoxy) is 3. The molecule has 0 saturated carbocycles. The van der Waals surface area contributed by atoms with E-state index in [-0.39, 0.29) is 153 Å². The summed E-state index contributed by atoms with van der Waals surface area (Å²) in [6, 6.07) is 3.38. The number of hydrogen-bond acceptors (Lipinski definition) is 15. The lowest BCUT2D eigenvalue weighted by atomic mass is 10.1. The van der Waals surface area contributed by atoms with Crippen molar-refractivity contribution in [2.45, 2.75) is 57.8 Å². The van der Waals surface area contributed by atoms with E-state index >= 15 is 0 Å². The third-order valence-electron chi connectivity index (χ3n) is 8.05. The van der Waals surface area contributed by atoms with Crippen LogP contribution in [-0.2, 0) is 43.0 Å². The summed E-state index contributed by atoms with van der Waals surface area (Å²) in [7, 11) is 0. The normalized spacial score (nSPS) is 11.0. The number of benzene rings is 1. The van der Waals surface area contributed by atoms with E-state index in [0.29, 0.717) is 0 Å². The second-order valence-corrected chi connectivity index (χ2v) is 12.7. The average molecular weight is 814 g/mol. The first-order valence-corrected chi connectivity index (χ1v) is 18.1. The third kappa shape index (κ3) is 24.5. The van der Waals surface area contributed by atoms with Crippen LogP contribution in [0.25, 0.3) is 0 Å². The number of esters is 3. The minimum atomic E-state index is -1.07. The smallest absolute Gasteiger partial charge is 0.338 e. The number of nitrogens with zero attached hydrogens (tertiary/aromatic N) is 3. The van der Waals surface area contributed by atoms with Crippen LogP contribution in [-0.4, -0.2) is 178 Å². The van der Waals surface area contributed by atoms with Crippen LogP contribution in [0.4, 0.5) is 0 Å². The van der Waals surface area contributed by atoms with Crippen molar-refractivity contribution in [3.8, 4) is 0 Å². The Morgan fingerprint density at radius 2 is 0.544 bits per heavy atom. The van der Waals surface area contributed by atoms with E-state index in [4.69, 9.17) is 44.8 Å². The predicted octanol–water partition coefficient (Wildman–Crippen LogP) is 1.08. The molecule has 0 aromatic heterocycles. The molecule has 1 aromatic carbocycles. The molecule has 0 radical (unpaired) electrons. The molecule has 0 fully saturated rings. The van der Waals surface area contributed by atoms with Gasteiger partial charge in [0.25, 0.3) is 0 Å². The largest absolute Gasteiger partial charge is 0.481 e. The molecule has 0 saturated heterocycles. The van der Waals surface area contributed by atoms with Crippen LogP contribution >= 0.6 is 0 Å². The van der Waals surface area contributed by atoms with Gasteiger partial charge in [0.15, 0.2) is 0 Å². The molecule has 57 heavy (non-hydrogen) atoms.